The zero-order chi connectivity index (χ0) is 9.80. The number of nitrogens with one attached hydrogen (secondary N) is 1. The van der Waals surface area contributed by atoms with Crippen LogP contribution < -0.4 is 5.32 Å². The highest BCUT2D eigenvalue weighted by molar-refractivity contribution is 4.88. The molecule has 0 spiro atoms. The lowest BCUT2D eigenvalue weighted by Crippen LogP contribution is -2.30. The van der Waals surface area contributed by atoms with Gasteiger partial charge in [-0.15, -0.1) is 10.2 Å². The summed E-state index contributed by atoms with van der Waals surface area (Å²) in [5.41, 5.74) is 0. The molecule has 1 fully saturated rings. The van der Waals surface area contributed by atoms with Crippen molar-refractivity contribution in [3.8, 4) is 0 Å². The van der Waals surface area contributed by atoms with Crippen molar-refractivity contribution in [2.75, 3.05) is 0 Å². The highest BCUT2D eigenvalue weighted by Crippen LogP contribution is 2.22. The summed E-state index contributed by atoms with van der Waals surface area (Å²) < 4.78 is 5.21. The molecule has 0 saturated heterocycles. The first kappa shape index (κ1) is 9.65. The average Bonchev–Trinajstić information content (AvgIpc) is 2.86. The Morgan fingerprint density at radius 2 is 2.36 bits per heavy atom. The molecule has 1 N–H and O–H groups in total. The molecule has 78 valence electrons. The van der Waals surface area contributed by atoms with Crippen LogP contribution >= 0.6 is 0 Å². The van der Waals surface area contributed by atoms with E-state index in [9.17, 15) is 0 Å². The molecule has 4 nitrogen and oxygen atoms in total. The van der Waals surface area contributed by atoms with Crippen LogP contribution in [0.1, 0.15) is 51.0 Å². The Kier molecular flexibility index (Phi) is 3.14. The van der Waals surface area contributed by atoms with Gasteiger partial charge in [0.15, 0.2) is 0 Å². The smallest absolute Gasteiger partial charge is 0.233 e. The quantitative estimate of drug-likeness (QED) is 0.798. The van der Waals surface area contributed by atoms with Gasteiger partial charge in [0.05, 0.1) is 6.04 Å². The van der Waals surface area contributed by atoms with Gasteiger partial charge in [-0.1, -0.05) is 19.8 Å². The van der Waals surface area contributed by atoms with Gasteiger partial charge in [-0.2, -0.15) is 0 Å². The minimum absolute atomic E-state index is 0.237. The topological polar surface area (TPSA) is 51.0 Å². The van der Waals surface area contributed by atoms with Crippen LogP contribution in [0.4, 0.5) is 0 Å². The van der Waals surface area contributed by atoms with Crippen molar-refractivity contribution in [1.82, 2.24) is 15.5 Å². The van der Waals surface area contributed by atoms with Crippen LogP contribution in [-0.4, -0.2) is 16.2 Å². The van der Waals surface area contributed by atoms with Crippen molar-refractivity contribution >= 4 is 0 Å². The van der Waals surface area contributed by atoms with Crippen LogP contribution in [0.3, 0.4) is 0 Å². The minimum Gasteiger partial charge on any atom is -0.426 e. The van der Waals surface area contributed by atoms with Gasteiger partial charge in [0.25, 0.3) is 0 Å². The van der Waals surface area contributed by atoms with Gasteiger partial charge in [0, 0.05) is 6.04 Å². The van der Waals surface area contributed by atoms with Crippen LogP contribution in [-0.2, 0) is 0 Å². The van der Waals surface area contributed by atoms with E-state index in [1.165, 1.54) is 32.1 Å². The lowest BCUT2D eigenvalue weighted by molar-refractivity contribution is 0.354. The van der Waals surface area contributed by atoms with Crippen LogP contribution in [0.5, 0.6) is 0 Å². The molecule has 4 heteroatoms. The molecule has 1 aliphatic carbocycles. The lowest BCUT2D eigenvalue weighted by atomic mass is 10.1. The van der Waals surface area contributed by atoms with E-state index in [1.54, 1.807) is 0 Å². The molecule has 14 heavy (non-hydrogen) atoms. The number of nitrogens with zero attached hydrogens (tertiary/aromatic N) is 2. The fourth-order valence-electron chi connectivity index (χ4n) is 2.07. The molecule has 0 radical (unpaired) electrons. The van der Waals surface area contributed by atoms with Crippen LogP contribution in [0.2, 0.25) is 0 Å². The SMILES string of the molecule is CCC(NC1CCCC1)c1nnco1. The van der Waals surface area contributed by atoms with Crippen molar-refractivity contribution < 1.29 is 4.42 Å². The van der Waals surface area contributed by atoms with Crippen molar-refractivity contribution in [3.63, 3.8) is 0 Å². The predicted molar refractivity (Wildman–Crippen MR) is 52.7 cm³/mol. The van der Waals surface area contributed by atoms with Gasteiger partial charge in [-0.25, -0.2) is 0 Å². The first-order valence-electron chi connectivity index (χ1n) is 5.42. The van der Waals surface area contributed by atoms with Crippen LogP contribution in [0.25, 0.3) is 0 Å². The number of hydrogen-bond acceptors (Lipinski definition) is 4. The maximum atomic E-state index is 5.21. The second-order valence-corrected chi connectivity index (χ2v) is 3.89. The Labute approximate surface area is 84.1 Å². The van der Waals surface area contributed by atoms with Gasteiger partial charge >= 0.3 is 0 Å². The van der Waals surface area contributed by atoms with E-state index in [2.05, 4.69) is 22.4 Å². The van der Waals surface area contributed by atoms with Gasteiger partial charge in [0.2, 0.25) is 12.3 Å². The Morgan fingerprint density at radius 3 is 2.93 bits per heavy atom. The molecule has 2 rings (SSSR count). The molecule has 1 unspecified atom stereocenters. The van der Waals surface area contributed by atoms with Crippen LogP contribution in [0.15, 0.2) is 10.8 Å². The van der Waals surface area contributed by atoms with Crippen molar-refractivity contribution in [2.45, 2.75) is 51.1 Å². The molecule has 1 aromatic rings. The summed E-state index contributed by atoms with van der Waals surface area (Å²) in [6.45, 7) is 2.14. The number of aromatic nitrogens is 2. The molecule has 0 aliphatic heterocycles. The van der Waals surface area contributed by atoms with Gasteiger partial charge in [-0.05, 0) is 19.3 Å². The molecule has 1 atom stereocenters. The Morgan fingerprint density at radius 1 is 1.57 bits per heavy atom. The average molecular weight is 195 g/mol. The van der Waals surface area contributed by atoms with Gasteiger partial charge < -0.3 is 9.73 Å². The molecule has 0 bridgehead atoms. The molecule has 1 heterocycles. The van der Waals surface area contributed by atoms with E-state index in [0.717, 1.165) is 12.3 Å². The fraction of sp³-hybridized carbons (Fsp3) is 0.800. The Hall–Kier alpha value is -0.900. The lowest BCUT2D eigenvalue weighted by Gasteiger charge is -2.18. The zero-order valence-electron chi connectivity index (χ0n) is 8.57. The monoisotopic (exact) mass is 195 g/mol. The Balaban J connectivity index is 1.93. The zero-order valence-corrected chi connectivity index (χ0v) is 8.57. The van der Waals surface area contributed by atoms with Crippen molar-refractivity contribution in [1.29, 1.82) is 0 Å². The third-order valence-corrected chi connectivity index (χ3v) is 2.88. The summed E-state index contributed by atoms with van der Waals surface area (Å²) in [6, 6.07) is 0.882. The number of hydrogen-bond donors (Lipinski definition) is 1. The first-order valence-corrected chi connectivity index (χ1v) is 5.42. The normalized spacial score (nSPS) is 20.1. The van der Waals surface area contributed by atoms with E-state index in [4.69, 9.17) is 4.42 Å². The first-order chi connectivity index (χ1) is 6.90. The second-order valence-electron chi connectivity index (χ2n) is 3.89. The largest absolute Gasteiger partial charge is 0.426 e. The van der Waals surface area contributed by atoms with E-state index in [-0.39, 0.29) is 6.04 Å². The van der Waals surface area contributed by atoms with Gasteiger partial charge in [0.1, 0.15) is 0 Å². The maximum absolute atomic E-state index is 5.21. The molecular weight excluding hydrogens is 178 g/mol. The summed E-state index contributed by atoms with van der Waals surface area (Å²) in [4.78, 5) is 0. The van der Waals surface area contributed by atoms with E-state index < -0.39 is 0 Å². The third kappa shape index (κ3) is 2.12. The summed E-state index contributed by atoms with van der Waals surface area (Å²) in [6.07, 6.45) is 7.65. The van der Waals surface area contributed by atoms with Crippen molar-refractivity contribution in [3.05, 3.63) is 12.3 Å². The predicted octanol–water partition coefficient (Wildman–Crippen LogP) is 2.05. The molecule has 1 aromatic heterocycles. The minimum atomic E-state index is 0.237. The fourth-order valence-corrected chi connectivity index (χ4v) is 2.07. The summed E-state index contributed by atoms with van der Waals surface area (Å²) in [5.74, 6) is 0.722. The summed E-state index contributed by atoms with van der Waals surface area (Å²) >= 11 is 0. The van der Waals surface area contributed by atoms with E-state index in [0.29, 0.717) is 6.04 Å². The van der Waals surface area contributed by atoms with E-state index in [1.807, 2.05) is 0 Å². The second kappa shape index (κ2) is 4.55. The molecular formula is C10H17N3O. The third-order valence-electron chi connectivity index (χ3n) is 2.88. The van der Waals surface area contributed by atoms with Gasteiger partial charge in [-0.3, -0.25) is 0 Å². The summed E-state index contributed by atoms with van der Waals surface area (Å²) in [7, 11) is 0. The molecule has 0 aromatic carbocycles. The van der Waals surface area contributed by atoms with E-state index >= 15 is 0 Å². The highest BCUT2D eigenvalue weighted by Gasteiger charge is 2.21. The molecule has 0 amide bonds. The molecule has 1 saturated carbocycles. The maximum Gasteiger partial charge on any atom is 0.233 e. The standard InChI is InChI=1S/C10H17N3O/c1-2-9(10-13-11-7-14-10)12-8-5-3-4-6-8/h7-9,12H,2-6H2,1H3. The van der Waals surface area contributed by atoms with Crippen LogP contribution in [0, 0.1) is 0 Å². The number of rotatable bonds is 4. The Bertz CT molecular complexity index is 254. The molecule has 1 aliphatic rings. The highest BCUT2D eigenvalue weighted by atomic mass is 16.4. The van der Waals surface area contributed by atoms with Crippen molar-refractivity contribution in [2.24, 2.45) is 0 Å². The summed E-state index contributed by atoms with van der Waals surface area (Å²) in [5, 5.41) is 11.2.